The summed E-state index contributed by atoms with van der Waals surface area (Å²) < 4.78 is 5.18. The minimum Gasteiger partial charge on any atom is -0.506 e. The summed E-state index contributed by atoms with van der Waals surface area (Å²) in [4.78, 5) is 11.8. The number of ether oxygens (including phenoxy) is 1. The Kier molecular flexibility index (Phi) is 4.13. The fourth-order valence-corrected chi connectivity index (χ4v) is 3.11. The summed E-state index contributed by atoms with van der Waals surface area (Å²) in [5.74, 6) is 0.817. The first-order chi connectivity index (χ1) is 10.1. The second kappa shape index (κ2) is 5.47. The molecule has 122 valence electrons. The molecule has 22 heavy (non-hydrogen) atoms. The molecule has 0 bridgehead atoms. The molecule has 0 heterocycles. The number of rotatable bonds is 3. The molecule has 1 aliphatic carbocycles. The number of amides is 1. The highest BCUT2D eigenvalue weighted by atomic mass is 16.6. The molecule has 0 aliphatic heterocycles. The first kappa shape index (κ1) is 16.6. The molecule has 4 N–H and O–H groups in total. The van der Waals surface area contributed by atoms with Gasteiger partial charge >= 0.3 is 6.09 Å². The van der Waals surface area contributed by atoms with E-state index in [2.05, 4.69) is 19.2 Å². The number of hydrogen-bond acceptors (Lipinski definition) is 4. The third kappa shape index (κ3) is 3.35. The van der Waals surface area contributed by atoms with Crippen molar-refractivity contribution in [1.82, 2.24) is 0 Å². The molecule has 1 amide bonds. The number of phenolic OH excluding ortho intramolecular Hbond substituents is 1. The molecule has 2 rings (SSSR count). The lowest BCUT2D eigenvalue weighted by Gasteiger charge is -2.20. The van der Waals surface area contributed by atoms with Crippen molar-refractivity contribution in [2.24, 2.45) is 17.1 Å². The molecule has 0 radical (unpaired) electrons. The average Bonchev–Trinajstić information content (AvgIpc) is 2.91. The van der Waals surface area contributed by atoms with Gasteiger partial charge in [0.05, 0.1) is 5.69 Å². The maximum Gasteiger partial charge on any atom is 0.412 e. The van der Waals surface area contributed by atoms with Crippen LogP contribution in [0.1, 0.15) is 46.1 Å². The zero-order chi connectivity index (χ0) is 16.7. The van der Waals surface area contributed by atoms with Crippen LogP contribution in [-0.2, 0) is 4.74 Å². The van der Waals surface area contributed by atoms with Crippen LogP contribution in [-0.4, -0.2) is 23.3 Å². The van der Waals surface area contributed by atoms with Crippen LogP contribution in [0.15, 0.2) is 18.2 Å². The quantitative estimate of drug-likeness (QED) is 0.747. The number of nitrogens with two attached hydrogens (primary N) is 1. The summed E-state index contributed by atoms with van der Waals surface area (Å²) in [5, 5.41) is 12.7. The van der Waals surface area contributed by atoms with E-state index < -0.39 is 11.7 Å². The summed E-state index contributed by atoms with van der Waals surface area (Å²) in [7, 11) is 0. The zero-order valence-corrected chi connectivity index (χ0v) is 13.9. The molecule has 2 atom stereocenters. The molecule has 0 saturated heterocycles. The molecular weight excluding hydrogens is 280 g/mol. The predicted octanol–water partition coefficient (Wildman–Crippen LogP) is 3.44. The molecule has 1 fully saturated rings. The number of hydrogen-bond donors (Lipinski definition) is 3. The number of aromatic hydroxyl groups is 1. The summed E-state index contributed by atoms with van der Waals surface area (Å²) in [6.45, 7) is 10.4. The van der Waals surface area contributed by atoms with E-state index >= 15 is 0 Å². The minimum atomic E-state index is -0.581. The van der Waals surface area contributed by atoms with Gasteiger partial charge in [0.2, 0.25) is 0 Å². The maximum absolute atomic E-state index is 11.8. The molecule has 5 nitrogen and oxygen atoms in total. The Morgan fingerprint density at radius 3 is 2.50 bits per heavy atom. The van der Waals surface area contributed by atoms with Gasteiger partial charge in [0.25, 0.3) is 0 Å². The zero-order valence-electron chi connectivity index (χ0n) is 13.9. The molecule has 5 heteroatoms. The van der Waals surface area contributed by atoms with Crippen LogP contribution in [0.5, 0.6) is 5.75 Å². The highest BCUT2D eigenvalue weighted by molar-refractivity contribution is 5.87. The normalized spacial score (nSPS) is 23.0. The Balaban J connectivity index is 2.10. The van der Waals surface area contributed by atoms with Gasteiger partial charge in [-0.1, -0.05) is 19.9 Å². The smallest absolute Gasteiger partial charge is 0.412 e. The standard InChI is InChI=1S/C17H26N2O3/c1-16(2,3)22-15(21)19-12-7-6-10(8-13(12)20)14-11(9-18)17(14,4)5/h6-8,11,14,20H,9,18H2,1-5H3,(H,19,21). The van der Waals surface area contributed by atoms with E-state index in [0.29, 0.717) is 24.1 Å². The van der Waals surface area contributed by atoms with Gasteiger partial charge in [-0.15, -0.1) is 0 Å². The van der Waals surface area contributed by atoms with Crippen LogP contribution in [0.2, 0.25) is 0 Å². The van der Waals surface area contributed by atoms with E-state index in [1.807, 2.05) is 6.07 Å². The van der Waals surface area contributed by atoms with Crippen molar-refractivity contribution in [2.75, 3.05) is 11.9 Å². The van der Waals surface area contributed by atoms with Gasteiger partial charge < -0.3 is 15.6 Å². The molecule has 1 aliphatic rings. The highest BCUT2D eigenvalue weighted by Crippen LogP contribution is 2.64. The van der Waals surface area contributed by atoms with Gasteiger partial charge in [0.1, 0.15) is 11.4 Å². The first-order valence-corrected chi connectivity index (χ1v) is 7.59. The predicted molar refractivity (Wildman–Crippen MR) is 87.0 cm³/mol. The lowest BCUT2D eigenvalue weighted by Crippen LogP contribution is -2.27. The van der Waals surface area contributed by atoms with Crippen molar-refractivity contribution in [3.05, 3.63) is 23.8 Å². The van der Waals surface area contributed by atoms with Gasteiger partial charge in [0.15, 0.2) is 0 Å². The second-order valence-electron chi connectivity index (χ2n) is 7.54. The van der Waals surface area contributed by atoms with Crippen LogP contribution in [0.4, 0.5) is 10.5 Å². The molecule has 1 saturated carbocycles. The molecule has 2 unspecified atom stereocenters. The second-order valence-corrected chi connectivity index (χ2v) is 7.54. The summed E-state index contributed by atoms with van der Waals surface area (Å²) in [5.41, 5.74) is 6.77. The molecular formula is C17H26N2O3. The van der Waals surface area contributed by atoms with E-state index in [1.165, 1.54) is 0 Å². The van der Waals surface area contributed by atoms with E-state index in [1.54, 1.807) is 32.9 Å². The van der Waals surface area contributed by atoms with Crippen molar-refractivity contribution >= 4 is 11.8 Å². The van der Waals surface area contributed by atoms with Crippen molar-refractivity contribution in [3.63, 3.8) is 0 Å². The fraction of sp³-hybridized carbons (Fsp3) is 0.588. The van der Waals surface area contributed by atoms with Gasteiger partial charge in [0, 0.05) is 0 Å². The third-order valence-electron chi connectivity index (χ3n) is 4.32. The van der Waals surface area contributed by atoms with Crippen LogP contribution < -0.4 is 11.1 Å². The summed E-state index contributed by atoms with van der Waals surface area (Å²) >= 11 is 0. The van der Waals surface area contributed by atoms with Crippen LogP contribution in [0, 0.1) is 11.3 Å². The van der Waals surface area contributed by atoms with Gasteiger partial charge in [-0.25, -0.2) is 4.79 Å². The number of carbonyl (C=O) groups excluding carboxylic acids is 1. The lowest BCUT2D eigenvalue weighted by atomic mass is 10.0. The summed E-state index contributed by atoms with van der Waals surface area (Å²) in [6.07, 6.45) is -0.581. The van der Waals surface area contributed by atoms with Crippen LogP contribution >= 0.6 is 0 Å². The monoisotopic (exact) mass is 306 g/mol. The van der Waals surface area contributed by atoms with Gasteiger partial charge in [-0.2, -0.15) is 0 Å². The number of nitrogens with one attached hydrogen (secondary N) is 1. The number of benzene rings is 1. The van der Waals surface area contributed by atoms with Crippen LogP contribution in [0.3, 0.4) is 0 Å². The largest absolute Gasteiger partial charge is 0.506 e. The van der Waals surface area contributed by atoms with Gasteiger partial charge in [-0.05, 0) is 62.3 Å². The van der Waals surface area contributed by atoms with Crippen molar-refractivity contribution in [3.8, 4) is 5.75 Å². The minimum absolute atomic E-state index is 0.0434. The van der Waals surface area contributed by atoms with Gasteiger partial charge in [-0.3, -0.25) is 5.32 Å². The molecule has 0 aromatic heterocycles. The molecule has 1 aromatic carbocycles. The Morgan fingerprint density at radius 1 is 1.41 bits per heavy atom. The Morgan fingerprint density at radius 2 is 2.05 bits per heavy atom. The third-order valence-corrected chi connectivity index (χ3v) is 4.32. The summed E-state index contributed by atoms with van der Waals surface area (Å²) in [6, 6.07) is 5.33. The Labute approximate surface area is 131 Å². The van der Waals surface area contributed by atoms with Crippen molar-refractivity contribution in [1.29, 1.82) is 0 Å². The number of carbonyl (C=O) groups is 1. The van der Waals surface area contributed by atoms with Crippen LogP contribution in [0.25, 0.3) is 0 Å². The highest BCUT2D eigenvalue weighted by Gasteiger charge is 2.57. The fourth-order valence-electron chi connectivity index (χ4n) is 3.11. The topological polar surface area (TPSA) is 84.6 Å². The Bertz CT molecular complexity index is 576. The maximum atomic E-state index is 11.8. The van der Waals surface area contributed by atoms with E-state index in [4.69, 9.17) is 10.5 Å². The SMILES string of the molecule is CC(C)(C)OC(=O)Nc1ccc(C2C(CN)C2(C)C)cc1O. The van der Waals surface area contributed by atoms with Crippen molar-refractivity contribution < 1.29 is 14.6 Å². The van der Waals surface area contributed by atoms with E-state index in [-0.39, 0.29) is 11.2 Å². The number of phenols is 1. The van der Waals surface area contributed by atoms with Crippen molar-refractivity contribution in [2.45, 2.75) is 46.1 Å². The molecule has 1 aromatic rings. The van der Waals surface area contributed by atoms with E-state index in [0.717, 1.165) is 5.56 Å². The number of anilines is 1. The lowest BCUT2D eigenvalue weighted by molar-refractivity contribution is 0.0635. The Hall–Kier alpha value is -1.75. The van der Waals surface area contributed by atoms with E-state index in [9.17, 15) is 9.90 Å². The first-order valence-electron chi connectivity index (χ1n) is 7.59. The molecule has 0 spiro atoms. The average molecular weight is 306 g/mol.